The third-order valence-corrected chi connectivity index (χ3v) is 2.52. The van der Waals surface area contributed by atoms with Crippen LogP contribution in [0.1, 0.15) is 31.7 Å². The molecule has 0 fully saturated rings. The summed E-state index contributed by atoms with van der Waals surface area (Å²) in [4.78, 5) is 11.9. The van der Waals surface area contributed by atoms with Gasteiger partial charge < -0.3 is 11.1 Å². The van der Waals surface area contributed by atoms with Crippen molar-refractivity contribution in [1.29, 1.82) is 0 Å². The van der Waals surface area contributed by atoms with Crippen molar-refractivity contribution in [2.45, 2.75) is 32.2 Å². The number of hydrogen-bond donors (Lipinski definition) is 2. The van der Waals surface area contributed by atoms with E-state index in [4.69, 9.17) is 5.73 Å². The number of hydrogen-bond acceptors (Lipinski definition) is 2. The van der Waals surface area contributed by atoms with E-state index in [1.807, 2.05) is 44.2 Å². The van der Waals surface area contributed by atoms with Gasteiger partial charge in [-0.25, -0.2) is 0 Å². The van der Waals surface area contributed by atoms with Crippen LogP contribution in [0.2, 0.25) is 0 Å². The highest BCUT2D eigenvalue weighted by atomic mass is 16.1. The summed E-state index contributed by atoms with van der Waals surface area (Å²) in [5.74, 6) is -0.00838. The molecule has 3 nitrogen and oxygen atoms in total. The zero-order valence-corrected chi connectivity index (χ0v) is 9.94. The Bertz CT molecular complexity index is 322. The lowest BCUT2D eigenvalue weighted by Crippen LogP contribution is -2.37. The van der Waals surface area contributed by atoms with E-state index in [0.717, 1.165) is 12.0 Å². The van der Waals surface area contributed by atoms with E-state index in [9.17, 15) is 4.79 Å². The van der Waals surface area contributed by atoms with Gasteiger partial charge in [-0.15, -0.1) is 0 Å². The summed E-state index contributed by atoms with van der Waals surface area (Å²) < 4.78 is 0. The van der Waals surface area contributed by atoms with Crippen LogP contribution >= 0.6 is 0 Å². The topological polar surface area (TPSA) is 55.1 Å². The van der Waals surface area contributed by atoms with Gasteiger partial charge in [-0.05, 0) is 18.9 Å². The normalized spacial score (nSPS) is 14.2. The van der Waals surface area contributed by atoms with Crippen LogP contribution in [0.25, 0.3) is 0 Å². The van der Waals surface area contributed by atoms with Crippen molar-refractivity contribution < 1.29 is 4.79 Å². The van der Waals surface area contributed by atoms with Crippen molar-refractivity contribution in [2.75, 3.05) is 6.54 Å². The number of rotatable bonds is 5. The summed E-state index contributed by atoms with van der Waals surface area (Å²) in [6.07, 6.45) is 0.800. The SMILES string of the molecule is CCC(C(=O)NCC(C)N)c1ccccc1. The van der Waals surface area contributed by atoms with Crippen molar-refractivity contribution in [3.05, 3.63) is 35.9 Å². The summed E-state index contributed by atoms with van der Waals surface area (Å²) in [6, 6.07) is 9.83. The molecule has 3 heteroatoms. The molecule has 0 spiro atoms. The Hall–Kier alpha value is -1.35. The average Bonchev–Trinajstić information content (AvgIpc) is 2.29. The second-order valence-corrected chi connectivity index (χ2v) is 4.09. The second-order valence-electron chi connectivity index (χ2n) is 4.09. The quantitative estimate of drug-likeness (QED) is 0.792. The lowest BCUT2D eigenvalue weighted by Gasteiger charge is -2.16. The van der Waals surface area contributed by atoms with Crippen LogP contribution in [0, 0.1) is 0 Å². The van der Waals surface area contributed by atoms with Gasteiger partial charge >= 0.3 is 0 Å². The van der Waals surface area contributed by atoms with Gasteiger partial charge in [-0.3, -0.25) is 4.79 Å². The third-order valence-electron chi connectivity index (χ3n) is 2.52. The van der Waals surface area contributed by atoms with E-state index in [-0.39, 0.29) is 17.9 Å². The van der Waals surface area contributed by atoms with E-state index in [1.54, 1.807) is 0 Å². The Morgan fingerprint density at radius 3 is 2.50 bits per heavy atom. The Morgan fingerprint density at radius 2 is 2.00 bits per heavy atom. The van der Waals surface area contributed by atoms with Crippen LogP contribution in [0.3, 0.4) is 0 Å². The lowest BCUT2D eigenvalue weighted by atomic mass is 9.95. The number of benzene rings is 1. The largest absolute Gasteiger partial charge is 0.354 e. The molecule has 2 atom stereocenters. The van der Waals surface area contributed by atoms with Gasteiger partial charge in [0.1, 0.15) is 0 Å². The van der Waals surface area contributed by atoms with E-state index in [2.05, 4.69) is 5.32 Å². The van der Waals surface area contributed by atoms with Gasteiger partial charge in [-0.2, -0.15) is 0 Å². The number of nitrogens with one attached hydrogen (secondary N) is 1. The lowest BCUT2D eigenvalue weighted by molar-refractivity contribution is -0.122. The molecule has 0 aromatic heterocycles. The molecule has 1 aromatic carbocycles. The predicted molar refractivity (Wildman–Crippen MR) is 66.1 cm³/mol. The molecule has 1 aromatic rings. The number of nitrogens with two attached hydrogens (primary N) is 1. The summed E-state index contributed by atoms with van der Waals surface area (Å²) >= 11 is 0. The first-order valence-electron chi connectivity index (χ1n) is 5.73. The molecule has 0 aliphatic rings. The van der Waals surface area contributed by atoms with Crippen LogP contribution in [-0.2, 0) is 4.79 Å². The molecule has 0 saturated carbocycles. The minimum absolute atomic E-state index is 0.00257. The molecule has 0 aliphatic carbocycles. The molecule has 2 unspecified atom stereocenters. The molecule has 3 N–H and O–H groups in total. The Morgan fingerprint density at radius 1 is 1.38 bits per heavy atom. The van der Waals surface area contributed by atoms with E-state index in [1.165, 1.54) is 0 Å². The monoisotopic (exact) mass is 220 g/mol. The van der Waals surface area contributed by atoms with Crippen LogP contribution in [0.15, 0.2) is 30.3 Å². The molecule has 0 heterocycles. The van der Waals surface area contributed by atoms with Crippen molar-refractivity contribution in [2.24, 2.45) is 5.73 Å². The minimum Gasteiger partial charge on any atom is -0.354 e. The van der Waals surface area contributed by atoms with Gasteiger partial charge in [0, 0.05) is 12.6 Å². The van der Waals surface area contributed by atoms with Crippen LogP contribution < -0.4 is 11.1 Å². The zero-order valence-electron chi connectivity index (χ0n) is 9.94. The van der Waals surface area contributed by atoms with Crippen molar-refractivity contribution in [1.82, 2.24) is 5.32 Å². The maximum atomic E-state index is 11.9. The maximum absolute atomic E-state index is 11.9. The Balaban J connectivity index is 2.64. The standard InChI is InChI=1S/C13H20N2O/c1-3-12(11-7-5-4-6-8-11)13(16)15-9-10(2)14/h4-8,10,12H,3,9,14H2,1-2H3,(H,15,16). The van der Waals surface area contributed by atoms with Gasteiger partial charge in [0.05, 0.1) is 5.92 Å². The molecular weight excluding hydrogens is 200 g/mol. The van der Waals surface area contributed by atoms with E-state index < -0.39 is 0 Å². The molecule has 0 radical (unpaired) electrons. The average molecular weight is 220 g/mol. The molecule has 88 valence electrons. The highest BCUT2D eigenvalue weighted by molar-refractivity contribution is 5.83. The fourth-order valence-electron chi connectivity index (χ4n) is 1.64. The molecule has 1 rings (SSSR count). The summed E-state index contributed by atoms with van der Waals surface area (Å²) in [5, 5.41) is 2.87. The molecule has 16 heavy (non-hydrogen) atoms. The Labute approximate surface area is 97.0 Å². The number of amides is 1. The van der Waals surface area contributed by atoms with Crippen molar-refractivity contribution >= 4 is 5.91 Å². The van der Waals surface area contributed by atoms with Crippen LogP contribution in [0.5, 0.6) is 0 Å². The van der Waals surface area contributed by atoms with Gasteiger partial charge in [0.2, 0.25) is 5.91 Å². The summed E-state index contributed by atoms with van der Waals surface area (Å²) in [7, 11) is 0. The molecule has 0 bridgehead atoms. The minimum atomic E-state index is -0.0695. The van der Waals surface area contributed by atoms with Gasteiger partial charge in [0.15, 0.2) is 0 Å². The molecule has 0 saturated heterocycles. The Kier molecular flexibility index (Phi) is 4.99. The first-order valence-corrected chi connectivity index (χ1v) is 5.73. The molecule has 1 amide bonds. The van der Waals surface area contributed by atoms with E-state index in [0.29, 0.717) is 6.54 Å². The van der Waals surface area contributed by atoms with Crippen LogP contribution in [0.4, 0.5) is 0 Å². The van der Waals surface area contributed by atoms with Crippen molar-refractivity contribution in [3.63, 3.8) is 0 Å². The van der Waals surface area contributed by atoms with Crippen molar-refractivity contribution in [3.8, 4) is 0 Å². The third kappa shape index (κ3) is 3.66. The molecule has 0 aliphatic heterocycles. The highest BCUT2D eigenvalue weighted by Crippen LogP contribution is 2.18. The highest BCUT2D eigenvalue weighted by Gasteiger charge is 2.17. The fourth-order valence-corrected chi connectivity index (χ4v) is 1.64. The maximum Gasteiger partial charge on any atom is 0.227 e. The predicted octanol–water partition coefficient (Wildman–Crippen LogP) is 1.64. The summed E-state index contributed by atoms with van der Waals surface area (Å²) in [5.41, 5.74) is 6.67. The zero-order chi connectivity index (χ0) is 12.0. The smallest absolute Gasteiger partial charge is 0.227 e. The van der Waals surface area contributed by atoms with E-state index >= 15 is 0 Å². The van der Waals surface area contributed by atoms with Gasteiger partial charge in [-0.1, -0.05) is 37.3 Å². The van der Waals surface area contributed by atoms with Crippen LogP contribution in [-0.4, -0.2) is 18.5 Å². The first-order chi connectivity index (χ1) is 7.65. The first kappa shape index (κ1) is 12.7. The van der Waals surface area contributed by atoms with Gasteiger partial charge in [0.25, 0.3) is 0 Å². The second kappa shape index (κ2) is 6.28. The number of carbonyl (C=O) groups is 1. The number of carbonyl (C=O) groups excluding carboxylic acids is 1. The molecular formula is C13H20N2O. The fraction of sp³-hybridized carbons (Fsp3) is 0.462. The summed E-state index contributed by atoms with van der Waals surface area (Å²) in [6.45, 7) is 4.43.